The van der Waals surface area contributed by atoms with Gasteiger partial charge in [0, 0.05) is 24.9 Å². The molecule has 1 aliphatic carbocycles. The number of ether oxygens (including phenoxy) is 1. The summed E-state index contributed by atoms with van der Waals surface area (Å²) < 4.78 is 5.80. The topological polar surface area (TPSA) is 29.5 Å². The Morgan fingerprint density at radius 2 is 2.05 bits per heavy atom. The first-order chi connectivity index (χ1) is 9.10. The molecule has 0 N–H and O–H groups in total. The van der Waals surface area contributed by atoms with Crippen LogP contribution in [0.15, 0.2) is 24.3 Å². The molecule has 4 rings (SSSR count). The van der Waals surface area contributed by atoms with E-state index in [9.17, 15) is 4.79 Å². The number of hydrogen-bond donors (Lipinski definition) is 0. The molecule has 0 radical (unpaired) electrons. The number of morpholine rings is 1. The summed E-state index contributed by atoms with van der Waals surface area (Å²) in [5.74, 6) is 0.690. The lowest BCUT2D eigenvalue weighted by atomic mass is 10.0. The lowest BCUT2D eigenvalue weighted by molar-refractivity contribution is 0.0211. The van der Waals surface area contributed by atoms with Gasteiger partial charge in [-0.1, -0.05) is 26.0 Å². The molecule has 2 aliphatic heterocycles. The van der Waals surface area contributed by atoms with Gasteiger partial charge in [-0.2, -0.15) is 0 Å². The van der Waals surface area contributed by atoms with Crippen molar-refractivity contribution in [1.82, 2.24) is 4.90 Å². The van der Waals surface area contributed by atoms with E-state index in [4.69, 9.17) is 4.74 Å². The van der Waals surface area contributed by atoms with E-state index >= 15 is 0 Å². The van der Waals surface area contributed by atoms with Crippen LogP contribution in [0.4, 0.5) is 0 Å². The summed E-state index contributed by atoms with van der Waals surface area (Å²) in [5, 5.41) is 0. The van der Waals surface area contributed by atoms with E-state index in [1.54, 1.807) is 0 Å². The standard InChI is InChI=1S/C16H19NO2/c1-10(2)11-3-5-12(6-4-11)15(18)17-9-13-7-16(17)8-14(16)19-13/h3-6,10,13-14H,7-9H2,1-2H3. The van der Waals surface area contributed by atoms with Gasteiger partial charge < -0.3 is 9.64 Å². The molecule has 2 bridgehead atoms. The Kier molecular flexibility index (Phi) is 2.17. The normalized spacial score (nSPS) is 34.8. The van der Waals surface area contributed by atoms with Crippen LogP contribution in [-0.4, -0.2) is 35.1 Å². The molecule has 3 aliphatic rings. The minimum Gasteiger partial charge on any atom is -0.371 e. The van der Waals surface area contributed by atoms with E-state index in [0.29, 0.717) is 12.0 Å². The number of carbonyl (C=O) groups excluding carboxylic acids is 1. The fourth-order valence-corrected chi connectivity index (χ4v) is 3.67. The number of nitrogens with zero attached hydrogens (tertiary/aromatic N) is 1. The molecule has 1 aromatic rings. The summed E-state index contributed by atoms with van der Waals surface area (Å²) in [7, 11) is 0. The molecular formula is C16H19NO2. The number of hydrogen-bond acceptors (Lipinski definition) is 2. The van der Waals surface area contributed by atoms with E-state index in [1.165, 1.54) is 5.56 Å². The van der Waals surface area contributed by atoms with Crippen molar-refractivity contribution >= 4 is 5.91 Å². The fourth-order valence-electron chi connectivity index (χ4n) is 3.67. The van der Waals surface area contributed by atoms with Crippen molar-refractivity contribution in [3.05, 3.63) is 35.4 Å². The first-order valence-electron chi connectivity index (χ1n) is 7.17. The molecule has 1 saturated carbocycles. The average Bonchev–Trinajstić information content (AvgIpc) is 2.85. The second-order valence-corrected chi connectivity index (χ2v) is 6.45. The van der Waals surface area contributed by atoms with Crippen molar-refractivity contribution in [3.8, 4) is 0 Å². The Labute approximate surface area is 113 Å². The summed E-state index contributed by atoms with van der Waals surface area (Å²) in [4.78, 5) is 14.7. The highest BCUT2D eigenvalue weighted by atomic mass is 16.5. The third kappa shape index (κ3) is 1.51. The largest absolute Gasteiger partial charge is 0.371 e. The van der Waals surface area contributed by atoms with E-state index in [-0.39, 0.29) is 17.6 Å². The first-order valence-corrected chi connectivity index (χ1v) is 7.17. The zero-order chi connectivity index (χ0) is 13.2. The van der Waals surface area contributed by atoms with Crippen LogP contribution in [0.1, 0.15) is 48.5 Å². The third-order valence-electron chi connectivity index (χ3n) is 4.91. The highest BCUT2D eigenvalue weighted by molar-refractivity contribution is 5.95. The zero-order valence-corrected chi connectivity index (χ0v) is 11.4. The maximum Gasteiger partial charge on any atom is 0.254 e. The van der Waals surface area contributed by atoms with Crippen LogP contribution in [0, 0.1) is 0 Å². The number of benzene rings is 1. The Balaban J connectivity index is 1.58. The van der Waals surface area contributed by atoms with Gasteiger partial charge in [-0.3, -0.25) is 4.79 Å². The summed E-state index contributed by atoms with van der Waals surface area (Å²) in [5.41, 5.74) is 2.17. The Bertz CT molecular complexity index is 536. The molecule has 3 nitrogen and oxygen atoms in total. The highest BCUT2D eigenvalue weighted by Gasteiger charge is 2.71. The number of carbonyl (C=O) groups is 1. The second-order valence-electron chi connectivity index (χ2n) is 6.45. The molecule has 2 heterocycles. The van der Waals surface area contributed by atoms with Gasteiger partial charge in [0.15, 0.2) is 0 Å². The molecule has 19 heavy (non-hydrogen) atoms. The first kappa shape index (κ1) is 11.5. The second kappa shape index (κ2) is 3.60. The van der Waals surface area contributed by atoms with Crippen molar-refractivity contribution in [2.45, 2.75) is 50.4 Å². The maximum atomic E-state index is 12.6. The van der Waals surface area contributed by atoms with Gasteiger partial charge in [0.1, 0.15) is 0 Å². The predicted octanol–water partition coefficient (Wildman–Crippen LogP) is 2.57. The van der Waals surface area contributed by atoms with Gasteiger partial charge >= 0.3 is 0 Å². The van der Waals surface area contributed by atoms with Crippen molar-refractivity contribution in [3.63, 3.8) is 0 Å². The van der Waals surface area contributed by atoms with Crippen LogP contribution in [0.5, 0.6) is 0 Å². The van der Waals surface area contributed by atoms with Gasteiger partial charge in [0.25, 0.3) is 5.91 Å². The predicted molar refractivity (Wildman–Crippen MR) is 72.2 cm³/mol. The highest BCUT2D eigenvalue weighted by Crippen LogP contribution is 2.59. The zero-order valence-electron chi connectivity index (χ0n) is 11.4. The maximum absolute atomic E-state index is 12.6. The van der Waals surface area contributed by atoms with Crippen molar-refractivity contribution in [2.24, 2.45) is 0 Å². The van der Waals surface area contributed by atoms with Crippen LogP contribution < -0.4 is 0 Å². The fraction of sp³-hybridized carbons (Fsp3) is 0.562. The van der Waals surface area contributed by atoms with E-state index < -0.39 is 0 Å². The van der Waals surface area contributed by atoms with Gasteiger partial charge in [-0.15, -0.1) is 0 Å². The minimum absolute atomic E-state index is 0.0679. The van der Waals surface area contributed by atoms with E-state index in [0.717, 1.165) is 24.9 Å². The summed E-state index contributed by atoms with van der Waals surface area (Å²) in [6.07, 6.45) is 2.70. The average molecular weight is 257 g/mol. The number of likely N-dealkylation sites (tertiary alicyclic amines) is 1. The Hall–Kier alpha value is -1.35. The number of fused-ring (bicyclic) bond motifs is 1. The van der Waals surface area contributed by atoms with E-state index in [1.807, 2.05) is 12.1 Å². The third-order valence-corrected chi connectivity index (χ3v) is 4.91. The summed E-state index contributed by atoms with van der Waals surface area (Å²) in [6, 6.07) is 8.09. The van der Waals surface area contributed by atoms with Crippen LogP contribution in [0.2, 0.25) is 0 Å². The molecular weight excluding hydrogens is 238 g/mol. The molecule has 3 heteroatoms. The molecule has 3 fully saturated rings. The molecule has 0 aromatic heterocycles. The van der Waals surface area contributed by atoms with Gasteiger partial charge in [0.2, 0.25) is 0 Å². The quantitative estimate of drug-likeness (QED) is 0.815. The van der Waals surface area contributed by atoms with Gasteiger partial charge in [0.05, 0.1) is 17.7 Å². The lowest BCUT2D eigenvalue weighted by Gasteiger charge is -2.27. The molecule has 3 unspecified atom stereocenters. The summed E-state index contributed by atoms with van der Waals surface area (Å²) in [6.45, 7) is 5.12. The molecule has 100 valence electrons. The lowest BCUT2D eigenvalue weighted by Crippen LogP contribution is -2.42. The number of rotatable bonds is 2. The van der Waals surface area contributed by atoms with Crippen molar-refractivity contribution in [1.29, 1.82) is 0 Å². The molecule has 1 aromatic carbocycles. The van der Waals surface area contributed by atoms with E-state index in [2.05, 4.69) is 30.9 Å². The SMILES string of the molecule is CC(C)c1ccc(C(=O)N2CC3CC24CC4O3)cc1. The molecule has 3 atom stereocenters. The number of amides is 1. The van der Waals surface area contributed by atoms with Crippen LogP contribution in [0.25, 0.3) is 0 Å². The summed E-state index contributed by atoms with van der Waals surface area (Å²) >= 11 is 0. The van der Waals surface area contributed by atoms with Crippen LogP contribution >= 0.6 is 0 Å². The minimum atomic E-state index is 0.0679. The van der Waals surface area contributed by atoms with Crippen molar-refractivity contribution < 1.29 is 9.53 Å². The van der Waals surface area contributed by atoms with Crippen LogP contribution in [-0.2, 0) is 4.74 Å². The molecule has 2 saturated heterocycles. The van der Waals surface area contributed by atoms with Gasteiger partial charge in [-0.25, -0.2) is 0 Å². The van der Waals surface area contributed by atoms with Gasteiger partial charge in [-0.05, 0) is 23.6 Å². The Morgan fingerprint density at radius 1 is 1.32 bits per heavy atom. The van der Waals surface area contributed by atoms with Crippen molar-refractivity contribution in [2.75, 3.05) is 6.54 Å². The Morgan fingerprint density at radius 3 is 2.63 bits per heavy atom. The van der Waals surface area contributed by atoms with Crippen LogP contribution in [0.3, 0.4) is 0 Å². The monoisotopic (exact) mass is 257 g/mol. The molecule has 1 amide bonds. The smallest absolute Gasteiger partial charge is 0.254 e. The molecule has 1 spiro atoms.